The number of likely N-dealkylation sites (N-methyl/N-ethyl adjacent to an activating group) is 1. The molecule has 0 saturated carbocycles. The first-order chi connectivity index (χ1) is 12.7. The SMILES string of the molecule is CN(c1ccccc1)[C@H]1COC2(CCN(C(=O)CN3CCCC3)CC2)C1. The van der Waals surface area contributed by atoms with E-state index in [9.17, 15) is 4.79 Å². The third-order valence-corrected chi connectivity index (χ3v) is 6.49. The molecule has 1 atom stereocenters. The highest BCUT2D eigenvalue weighted by Crippen LogP contribution is 2.38. The standard InChI is InChI=1S/C21H31N3O2/c1-22(18-7-3-2-4-8-18)19-15-21(26-17-19)9-13-24(14-10-21)20(25)16-23-11-5-6-12-23/h2-4,7-8,19H,5-6,9-17H2,1H3/t19-/m1/s1. The minimum Gasteiger partial charge on any atom is -0.373 e. The predicted octanol–water partition coefficient (Wildman–Crippen LogP) is 2.37. The Morgan fingerprint density at radius 3 is 2.54 bits per heavy atom. The molecule has 3 aliphatic heterocycles. The summed E-state index contributed by atoms with van der Waals surface area (Å²) in [4.78, 5) is 19.2. The second-order valence-electron chi connectivity index (χ2n) is 8.16. The summed E-state index contributed by atoms with van der Waals surface area (Å²) in [6.45, 7) is 5.24. The minimum atomic E-state index is -0.0296. The van der Waals surface area contributed by atoms with Gasteiger partial charge in [0.15, 0.2) is 0 Å². The average molecular weight is 357 g/mol. The molecule has 3 saturated heterocycles. The van der Waals surface area contributed by atoms with Gasteiger partial charge in [0, 0.05) is 25.8 Å². The fourth-order valence-corrected chi connectivity index (χ4v) is 4.69. The Hall–Kier alpha value is -1.59. The topological polar surface area (TPSA) is 36.0 Å². The van der Waals surface area contributed by atoms with Gasteiger partial charge in [-0.15, -0.1) is 0 Å². The molecule has 142 valence electrons. The van der Waals surface area contributed by atoms with Gasteiger partial charge in [-0.2, -0.15) is 0 Å². The molecule has 5 heteroatoms. The highest BCUT2D eigenvalue weighted by Gasteiger charge is 2.44. The Labute approximate surface area is 156 Å². The lowest BCUT2D eigenvalue weighted by Crippen LogP contribution is -2.49. The monoisotopic (exact) mass is 357 g/mol. The van der Waals surface area contributed by atoms with Crippen molar-refractivity contribution in [1.82, 2.24) is 9.80 Å². The number of hydrogen-bond donors (Lipinski definition) is 0. The van der Waals surface area contributed by atoms with E-state index < -0.39 is 0 Å². The van der Waals surface area contributed by atoms with Crippen LogP contribution in [0.15, 0.2) is 30.3 Å². The van der Waals surface area contributed by atoms with E-state index in [0.717, 1.165) is 52.0 Å². The quantitative estimate of drug-likeness (QED) is 0.829. The van der Waals surface area contributed by atoms with Crippen molar-refractivity contribution < 1.29 is 9.53 Å². The molecule has 0 N–H and O–H groups in total. The van der Waals surface area contributed by atoms with Crippen LogP contribution in [0.1, 0.15) is 32.1 Å². The third-order valence-electron chi connectivity index (χ3n) is 6.49. The van der Waals surface area contributed by atoms with E-state index in [1.54, 1.807) is 0 Å². The number of benzene rings is 1. The molecule has 4 rings (SSSR count). The summed E-state index contributed by atoms with van der Waals surface area (Å²) in [5.74, 6) is 0.303. The summed E-state index contributed by atoms with van der Waals surface area (Å²) < 4.78 is 6.31. The lowest BCUT2D eigenvalue weighted by molar-refractivity contribution is -0.136. The Bertz CT molecular complexity index is 607. The summed E-state index contributed by atoms with van der Waals surface area (Å²) in [5, 5.41) is 0. The lowest BCUT2D eigenvalue weighted by Gasteiger charge is -2.39. The predicted molar refractivity (Wildman–Crippen MR) is 103 cm³/mol. The summed E-state index contributed by atoms with van der Waals surface area (Å²) in [6.07, 6.45) is 5.48. The maximum atomic E-state index is 12.6. The van der Waals surface area contributed by atoms with Crippen LogP contribution in [0, 0.1) is 0 Å². The van der Waals surface area contributed by atoms with Crippen LogP contribution in [-0.2, 0) is 9.53 Å². The molecule has 0 aromatic heterocycles. The van der Waals surface area contributed by atoms with Crippen molar-refractivity contribution >= 4 is 11.6 Å². The van der Waals surface area contributed by atoms with Gasteiger partial charge in [-0.1, -0.05) is 18.2 Å². The van der Waals surface area contributed by atoms with Gasteiger partial charge in [-0.25, -0.2) is 0 Å². The van der Waals surface area contributed by atoms with Crippen LogP contribution in [0.3, 0.4) is 0 Å². The van der Waals surface area contributed by atoms with E-state index in [0.29, 0.717) is 18.5 Å². The Kier molecular flexibility index (Phi) is 5.18. The molecule has 3 fully saturated rings. The van der Waals surface area contributed by atoms with Crippen molar-refractivity contribution in [2.75, 3.05) is 51.3 Å². The van der Waals surface area contributed by atoms with Crippen LogP contribution in [0.2, 0.25) is 0 Å². The first kappa shape index (κ1) is 17.8. The number of likely N-dealkylation sites (tertiary alicyclic amines) is 2. The zero-order valence-corrected chi connectivity index (χ0v) is 15.9. The molecule has 1 amide bonds. The summed E-state index contributed by atoms with van der Waals surface area (Å²) in [7, 11) is 2.16. The van der Waals surface area contributed by atoms with Gasteiger partial charge < -0.3 is 14.5 Å². The van der Waals surface area contributed by atoms with Crippen molar-refractivity contribution in [3.63, 3.8) is 0 Å². The van der Waals surface area contributed by atoms with Gasteiger partial charge in [-0.05, 0) is 57.3 Å². The van der Waals surface area contributed by atoms with Crippen LogP contribution in [-0.4, -0.2) is 73.7 Å². The zero-order chi connectivity index (χ0) is 18.0. The second kappa shape index (κ2) is 7.57. The number of anilines is 1. The highest BCUT2D eigenvalue weighted by molar-refractivity contribution is 5.78. The van der Waals surface area contributed by atoms with Gasteiger partial charge in [0.05, 0.1) is 24.8 Å². The molecule has 0 aliphatic carbocycles. The lowest BCUT2D eigenvalue weighted by atomic mass is 9.87. The van der Waals surface area contributed by atoms with E-state index in [4.69, 9.17) is 4.74 Å². The number of nitrogens with zero attached hydrogens (tertiary/aromatic N) is 3. The molecular formula is C21H31N3O2. The van der Waals surface area contributed by atoms with E-state index in [-0.39, 0.29) is 5.60 Å². The van der Waals surface area contributed by atoms with Gasteiger partial charge in [0.1, 0.15) is 0 Å². The first-order valence-corrected chi connectivity index (χ1v) is 10.1. The fourth-order valence-electron chi connectivity index (χ4n) is 4.69. The number of carbonyl (C=O) groups excluding carboxylic acids is 1. The molecule has 26 heavy (non-hydrogen) atoms. The van der Waals surface area contributed by atoms with Gasteiger partial charge >= 0.3 is 0 Å². The van der Waals surface area contributed by atoms with Crippen molar-refractivity contribution in [3.05, 3.63) is 30.3 Å². The average Bonchev–Trinajstić information content (AvgIpc) is 3.33. The van der Waals surface area contributed by atoms with Crippen molar-refractivity contribution in [2.24, 2.45) is 0 Å². The number of hydrogen-bond acceptors (Lipinski definition) is 4. The smallest absolute Gasteiger partial charge is 0.236 e. The van der Waals surface area contributed by atoms with E-state index in [2.05, 4.69) is 52.1 Å². The Morgan fingerprint density at radius 1 is 1.15 bits per heavy atom. The Morgan fingerprint density at radius 2 is 1.85 bits per heavy atom. The van der Waals surface area contributed by atoms with Crippen molar-refractivity contribution in [3.8, 4) is 0 Å². The van der Waals surface area contributed by atoms with Crippen LogP contribution < -0.4 is 4.90 Å². The third kappa shape index (κ3) is 3.74. The zero-order valence-electron chi connectivity index (χ0n) is 15.9. The summed E-state index contributed by atoms with van der Waals surface area (Å²) in [6, 6.07) is 11.0. The molecule has 0 bridgehead atoms. The van der Waals surface area contributed by atoms with Gasteiger partial charge in [-0.3, -0.25) is 9.69 Å². The number of rotatable bonds is 4. The van der Waals surface area contributed by atoms with E-state index >= 15 is 0 Å². The molecule has 3 aliphatic rings. The van der Waals surface area contributed by atoms with Crippen LogP contribution in [0.5, 0.6) is 0 Å². The van der Waals surface area contributed by atoms with E-state index in [1.165, 1.54) is 18.5 Å². The van der Waals surface area contributed by atoms with Gasteiger partial charge in [0.2, 0.25) is 5.91 Å². The first-order valence-electron chi connectivity index (χ1n) is 10.1. The van der Waals surface area contributed by atoms with Gasteiger partial charge in [0.25, 0.3) is 0 Å². The molecule has 1 aromatic rings. The van der Waals surface area contributed by atoms with Crippen molar-refractivity contribution in [2.45, 2.75) is 43.7 Å². The highest BCUT2D eigenvalue weighted by atomic mass is 16.5. The minimum absolute atomic E-state index is 0.0296. The second-order valence-corrected chi connectivity index (χ2v) is 8.16. The van der Waals surface area contributed by atoms with E-state index in [1.807, 2.05) is 0 Å². The van der Waals surface area contributed by atoms with Crippen LogP contribution >= 0.6 is 0 Å². The molecule has 1 aromatic carbocycles. The number of carbonyl (C=O) groups is 1. The number of amides is 1. The maximum absolute atomic E-state index is 12.6. The van der Waals surface area contributed by atoms with Crippen LogP contribution in [0.25, 0.3) is 0 Å². The fraction of sp³-hybridized carbons (Fsp3) is 0.667. The number of ether oxygens (including phenoxy) is 1. The molecule has 1 spiro atoms. The normalized spacial score (nSPS) is 25.7. The summed E-state index contributed by atoms with van der Waals surface area (Å²) >= 11 is 0. The largest absolute Gasteiger partial charge is 0.373 e. The Balaban J connectivity index is 1.29. The molecule has 5 nitrogen and oxygen atoms in total. The molecule has 0 unspecified atom stereocenters. The number of para-hydroxylation sites is 1. The van der Waals surface area contributed by atoms with Crippen molar-refractivity contribution in [1.29, 1.82) is 0 Å². The molecular weight excluding hydrogens is 326 g/mol. The van der Waals surface area contributed by atoms with Crippen LogP contribution in [0.4, 0.5) is 5.69 Å². The maximum Gasteiger partial charge on any atom is 0.236 e. The molecule has 0 radical (unpaired) electrons. The molecule has 3 heterocycles. The summed E-state index contributed by atoms with van der Waals surface area (Å²) in [5.41, 5.74) is 1.22. The number of piperidine rings is 1.